The summed E-state index contributed by atoms with van der Waals surface area (Å²) in [5, 5.41) is 0. The van der Waals surface area contributed by atoms with Crippen molar-refractivity contribution in [2.45, 2.75) is 25.5 Å². The van der Waals surface area contributed by atoms with Gasteiger partial charge in [-0.25, -0.2) is 0 Å². The molecule has 0 bridgehead atoms. The van der Waals surface area contributed by atoms with Crippen LogP contribution in [0.25, 0.3) is 0 Å². The average molecular weight is 108 g/mol. The van der Waals surface area contributed by atoms with E-state index in [1.165, 1.54) is 0 Å². The van der Waals surface area contributed by atoms with Crippen molar-refractivity contribution in [3.05, 3.63) is 0 Å². The molecule has 1 aliphatic rings. The van der Waals surface area contributed by atoms with Crippen LogP contribution in [0.1, 0.15) is 39.2 Å². The Bertz CT molecular complexity index is 345. The van der Waals surface area contributed by atoms with E-state index in [1.54, 1.807) is 0 Å². The molecule has 0 amide bonds. The molecule has 1 saturated carbocycles. The van der Waals surface area contributed by atoms with Crippen LogP contribution in [0.2, 0.25) is 0 Å². The van der Waals surface area contributed by atoms with Crippen LogP contribution < -0.4 is 0 Å². The number of rotatable bonds is 1. The summed E-state index contributed by atoms with van der Waals surface area (Å²) in [6.07, 6.45) is -15.7. The maximum Gasteiger partial charge on any atom is 0.123 e. The monoisotopic (exact) mass is 108 g/mol. The second-order valence-corrected chi connectivity index (χ2v) is 0.977. The quantitative estimate of drug-likeness (QED) is 0.464. The van der Waals surface area contributed by atoms with E-state index >= 15 is 0 Å². The highest BCUT2D eigenvalue weighted by atomic mass is 16.1. The predicted molar refractivity (Wildman–Crippen MR) is 28.0 cm³/mol. The van der Waals surface area contributed by atoms with Crippen LogP contribution in [-0.4, -0.2) is 6.26 Å². The summed E-state index contributed by atoms with van der Waals surface area (Å²) in [5.41, 5.74) is 0. The van der Waals surface area contributed by atoms with Crippen molar-refractivity contribution in [2.75, 3.05) is 0 Å². The summed E-state index contributed by atoms with van der Waals surface area (Å²) >= 11 is 0. The first-order valence-electron chi connectivity index (χ1n) is 6.70. The lowest BCUT2D eigenvalue weighted by atomic mass is 10.1. The van der Waals surface area contributed by atoms with Gasteiger partial charge in [-0.3, -0.25) is 0 Å². The van der Waals surface area contributed by atoms with Gasteiger partial charge < -0.3 is 4.79 Å². The van der Waals surface area contributed by atoms with Crippen LogP contribution >= 0.6 is 0 Å². The van der Waals surface area contributed by atoms with Crippen molar-refractivity contribution >= 4 is 6.26 Å². The Morgan fingerprint density at radius 3 is 2.71 bits per heavy atom. The van der Waals surface area contributed by atoms with Crippen molar-refractivity contribution in [3.63, 3.8) is 0 Å². The first kappa shape index (κ1) is 0.772. The van der Waals surface area contributed by atoms with Gasteiger partial charge in [-0.05, 0) is 12.7 Å². The van der Waals surface area contributed by atoms with Gasteiger partial charge in [0, 0.05) is 18.2 Å². The Morgan fingerprint density at radius 1 is 1.86 bits per heavy atom. The Balaban J connectivity index is 3.71. The minimum atomic E-state index is -3.45. The molecule has 0 aromatic carbocycles. The molecule has 1 heteroatoms. The van der Waals surface area contributed by atoms with E-state index in [-0.39, 0.29) is 0 Å². The van der Waals surface area contributed by atoms with Crippen LogP contribution in [0.4, 0.5) is 0 Å². The van der Waals surface area contributed by atoms with E-state index < -0.39 is 37.6 Å². The summed E-state index contributed by atoms with van der Waals surface area (Å²) in [7, 11) is 0. The van der Waals surface area contributed by atoms with Gasteiger partial charge in [0.15, 0.2) is 0 Å². The molecule has 0 unspecified atom stereocenters. The van der Waals surface area contributed by atoms with Crippen LogP contribution in [0.5, 0.6) is 0 Å². The normalized spacial score (nSPS) is 77.1. The average Bonchev–Trinajstić information content (AvgIpc) is 2.17. The number of carbonyl (C=O) groups is 1. The molecule has 40 valence electrons. The van der Waals surface area contributed by atoms with Gasteiger partial charge in [0.1, 0.15) is 7.63 Å². The van der Waals surface area contributed by atoms with E-state index in [0.29, 0.717) is 0 Å². The highest BCUT2D eigenvalue weighted by Crippen LogP contribution is 2.21. The lowest BCUT2D eigenvalue weighted by Crippen LogP contribution is -1.91. The molecule has 1 fully saturated rings. The van der Waals surface area contributed by atoms with Gasteiger partial charge in [-0.2, -0.15) is 0 Å². The van der Waals surface area contributed by atoms with Gasteiger partial charge >= 0.3 is 0 Å². The molecule has 0 saturated heterocycles. The molecule has 0 radical (unpaired) electrons. The second kappa shape index (κ2) is 2.10. The largest absolute Gasteiger partial charge is 0.303 e. The highest BCUT2D eigenvalue weighted by Gasteiger charge is 2.12. The zero-order valence-electron chi connectivity index (χ0n) is 13.4. The topological polar surface area (TPSA) is 17.1 Å². The van der Waals surface area contributed by atoms with Crippen molar-refractivity contribution < 1.29 is 18.5 Å². The summed E-state index contributed by atoms with van der Waals surface area (Å²) in [5.74, 6) is -3.45. The zero-order chi connectivity index (χ0) is 14.1. The first-order valence-corrected chi connectivity index (χ1v) is 1.70. The van der Waals surface area contributed by atoms with E-state index in [2.05, 4.69) is 0 Å². The molecule has 0 spiro atoms. The second-order valence-electron chi connectivity index (χ2n) is 0.977. The highest BCUT2D eigenvalue weighted by molar-refractivity contribution is 5.53. The van der Waals surface area contributed by atoms with E-state index in [0.717, 1.165) is 0 Å². The summed E-state index contributed by atoms with van der Waals surface area (Å²) in [6, 6.07) is 0. The zero-order valence-corrected chi connectivity index (χ0v) is 3.41. The molecule has 1 rings (SSSR count). The number of aldehydes is 1. The molecule has 0 aromatic rings. The van der Waals surface area contributed by atoms with E-state index in [9.17, 15) is 4.79 Å². The van der Waals surface area contributed by atoms with Crippen LogP contribution in [0.3, 0.4) is 0 Å². The fourth-order valence-corrected chi connectivity index (χ4v) is 0.270. The minimum Gasteiger partial charge on any atom is -0.303 e. The third kappa shape index (κ3) is 1.02. The van der Waals surface area contributed by atoms with Crippen molar-refractivity contribution in [1.82, 2.24) is 0 Å². The molecule has 0 N–H and O–H groups in total. The maximum atomic E-state index is 11.0. The van der Waals surface area contributed by atoms with Gasteiger partial charge in [0.2, 0.25) is 0 Å². The smallest absolute Gasteiger partial charge is 0.123 e. The molecule has 0 heterocycles. The number of hydrogen-bond acceptors (Lipinski definition) is 1. The van der Waals surface area contributed by atoms with Crippen LogP contribution in [-0.2, 0) is 4.79 Å². The van der Waals surface area contributed by atoms with Gasteiger partial charge in [-0.15, -0.1) is 0 Å². The van der Waals surface area contributed by atoms with Gasteiger partial charge in [0.05, 0.1) is 0 Å². The summed E-state index contributed by atoms with van der Waals surface area (Å²) in [4.78, 5) is 11.0. The predicted octanol–water partition coefficient (Wildman–Crippen LogP) is 1.38. The SMILES string of the molecule is [2H]C(=O)C1([2H])C([2H])([2H])C([2H])([2H])C([2H])([2H])C1([2H])[2H]. The van der Waals surface area contributed by atoms with Crippen molar-refractivity contribution in [1.29, 1.82) is 0 Å². The first-order chi connectivity index (χ1) is 7.19. The fraction of sp³-hybridized carbons (Fsp3) is 0.833. The Hall–Kier alpha value is -0.330. The molecule has 1 aliphatic carbocycles. The van der Waals surface area contributed by atoms with E-state index in [1.807, 2.05) is 0 Å². The summed E-state index contributed by atoms with van der Waals surface area (Å²) in [6.45, 7) is 0. The molecule has 7 heavy (non-hydrogen) atoms. The van der Waals surface area contributed by atoms with E-state index in [4.69, 9.17) is 13.7 Å². The Labute approximate surface area is 57.8 Å². The molecular weight excluding hydrogens is 88.1 g/mol. The minimum absolute atomic E-state index is 1.99. The summed E-state index contributed by atoms with van der Waals surface area (Å²) < 4.78 is 73.0. The van der Waals surface area contributed by atoms with Crippen molar-refractivity contribution in [2.24, 2.45) is 5.89 Å². The lowest BCUT2D eigenvalue weighted by Gasteiger charge is -1.90. The van der Waals surface area contributed by atoms with Crippen LogP contribution in [0.15, 0.2) is 0 Å². The number of carbonyl (C=O) groups excluding carboxylic acids is 1. The third-order valence-electron chi connectivity index (χ3n) is 0.540. The fourth-order valence-electron chi connectivity index (χ4n) is 0.270. The molecule has 1 nitrogen and oxygen atoms in total. The molecule has 0 aromatic heterocycles. The maximum absolute atomic E-state index is 11.0. The number of hydrogen-bond donors (Lipinski definition) is 0. The van der Waals surface area contributed by atoms with Crippen LogP contribution in [0, 0.1) is 5.89 Å². The standard InChI is InChI=1S/C6H10O/c7-5-6-3-1-2-4-6/h5-6H,1-4H2/i1D2,2D2,3D2,4D2,5D,6D. The Kier molecular flexibility index (Phi) is 0.232. The third-order valence-corrected chi connectivity index (χ3v) is 0.540. The molecule has 0 aliphatic heterocycles. The lowest BCUT2D eigenvalue weighted by molar-refractivity contribution is -0.110. The van der Waals surface area contributed by atoms with Gasteiger partial charge in [0.25, 0.3) is 0 Å². The van der Waals surface area contributed by atoms with Crippen molar-refractivity contribution in [3.8, 4) is 0 Å². The molecule has 0 atom stereocenters. The van der Waals surface area contributed by atoms with Gasteiger partial charge in [-0.1, -0.05) is 12.7 Å². The Morgan fingerprint density at radius 2 is 2.43 bits per heavy atom. The molecular formula is C6H10O.